The molecule has 0 radical (unpaired) electrons. The highest BCUT2D eigenvalue weighted by Gasteiger charge is 2.35. The van der Waals surface area contributed by atoms with Gasteiger partial charge in [-0.1, -0.05) is 12.8 Å². The number of hydrogen-bond acceptors (Lipinski definition) is 4. The van der Waals surface area contributed by atoms with Crippen LogP contribution in [-0.4, -0.2) is 44.2 Å². The Labute approximate surface area is 120 Å². The normalized spacial score (nSPS) is 16.9. The van der Waals surface area contributed by atoms with Gasteiger partial charge in [0.1, 0.15) is 5.82 Å². The SMILES string of the molecule is COCC1(NC(=O)c2ccc(N(C)C)nc2)CCCC1. The Hall–Kier alpha value is -1.62. The predicted molar refractivity (Wildman–Crippen MR) is 79.1 cm³/mol. The van der Waals surface area contributed by atoms with Crippen molar-refractivity contribution >= 4 is 11.7 Å². The molecule has 0 unspecified atom stereocenters. The lowest BCUT2D eigenvalue weighted by Gasteiger charge is -2.29. The van der Waals surface area contributed by atoms with Crippen molar-refractivity contribution in [3.8, 4) is 0 Å². The van der Waals surface area contributed by atoms with E-state index in [0.717, 1.165) is 31.5 Å². The summed E-state index contributed by atoms with van der Waals surface area (Å²) in [6.07, 6.45) is 5.87. The Balaban J connectivity index is 2.06. The molecule has 0 atom stereocenters. The van der Waals surface area contributed by atoms with Crippen molar-refractivity contribution < 1.29 is 9.53 Å². The maximum Gasteiger partial charge on any atom is 0.253 e. The van der Waals surface area contributed by atoms with Crippen LogP contribution in [0.4, 0.5) is 5.82 Å². The lowest BCUT2D eigenvalue weighted by molar-refractivity contribution is 0.0767. The Morgan fingerprint density at radius 3 is 2.60 bits per heavy atom. The minimum absolute atomic E-state index is 0.0678. The molecule has 0 saturated heterocycles. The van der Waals surface area contributed by atoms with Gasteiger partial charge in [0.15, 0.2) is 0 Å². The van der Waals surface area contributed by atoms with Crippen molar-refractivity contribution in [3.63, 3.8) is 0 Å². The Morgan fingerprint density at radius 2 is 2.10 bits per heavy atom. The lowest BCUT2D eigenvalue weighted by Crippen LogP contribution is -2.49. The van der Waals surface area contributed by atoms with Crippen molar-refractivity contribution in [3.05, 3.63) is 23.9 Å². The second kappa shape index (κ2) is 6.22. The van der Waals surface area contributed by atoms with Gasteiger partial charge < -0.3 is 15.0 Å². The van der Waals surface area contributed by atoms with Crippen LogP contribution in [0.2, 0.25) is 0 Å². The minimum Gasteiger partial charge on any atom is -0.382 e. The maximum atomic E-state index is 12.3. The third-order valence-electron chi connectivity index (χ3n) is 3.83. The standard InChI is InChI=1S/C15H23N3O2/c1-18(2)13-7-6-12(10-16-13)14(19)17-15(11-20-3)8-4-5-9-15/h6-7,10H,4-5,8-9,11H2,1-3H3,(H,17,19). The molecule has 1 heterocycles. The summed E-state index contributed by atoms with van der Waals surface area (Å²) in [6.45, 7) is 0.571. The fraction of sp³-hybridized carbons (Fsp3) is 0.600. The van der Waals surface area contributed by atoms with Gasteiger partial charge in [0.05, 0.1) is 17.7 Å². The first-order chi connectivity index (χ1) is 9.56. The van der Waals surface area contributed by atoms with Gasteiger partial charge in [-0.3, -0.25) is 4.79 Å². The number of aromatic nitrogens is 1. The number of ether oxygens (including phenoxy) is 1. The van der Waals surface area contributed by atoms with Crippen LogP contribution in [0.15, 0.2) is 18.3 Å². The van der Waals surface area contributed by atoms with E-state index in [-0.39, 0.29) is 11.4 Å². The molecule has 1 aliphatic carbocycles. The molecule has 5 nitrogen and oxygen atoms in total. The molecule has 0 aliphatic heterocycles. The van der Waals surface area contributed by atoms with E-state index in [1.165, 1.54) is 0 Å². The molecule has 1 aliphatic rings. The van der Waals surface area contributed by atoms with E-state index in [2.05, 4.69) is 10.3 Å². The molecule has 5 heteroatoms. The lowest BCUT2D eigenvalue weighted by atomic mass is 9.98. The number of hydrogen-bond donors (Lipinski definition) is 1. The third kappa shape index (κ3) is 3.28. The Kier molecular flexibility index (Phi) is 4.60. The van der Waals surface area contributed by atoms with Gasteiger partial charge in [-0.05, 0) is 25.0 Å². The van der Waals surface area contributed by atoms with Crippen LogP contribution in [0.1, 0.15) is 36.0 Å². The van der Waals surface area contributed by atoms with Gasteiger partial charge in [0, 0.05) is 27.4 Å². The van der Waals surface area contributed by atoms with E-state index >= 15 is 0 Å². The molecule has 1 amide bonds. The summed E-state index contributed by atoms with van der Waals surface area (Å²) in [4.78, 5) is 18.5. The average molecular weight is 277 g/mol. The topological polar surface area (TPSA) is 54.5 Å². The van der Waals surface area contributed by atoms with Crippen molar-refractivity contribution in [2.75, 3.05) is 32.7 Å². The van der Waals surface area contributed by atoms with Crippen LogP contribution in [-0.2, 0) is 4.74 Å². The number of rotatable bonds is 5. The van der Waals surface area contributed by atoms with Crippen LogP contribution in [0.3, 0.4) is 0 Å². The molecular formula is C15H23N3O2. The summed E-state index contributed by atoms with van der Waals surface area (Å²) < 4.78 is 5.28. The Bertz CT molecular complexity index is 451. The van der Waals surface area contributed by atoms with E-state index in [1.54, 1.807) is 13.3 Å². The molecule has 1 aromatic heterocycles. The van der Waals surface area contributed by atoms with Crippen molar-refractivity contribution in [1.29, 1.82) is 0 Å². The van der Waals surface area contributed by atoms with E-state index in [4.69, 9.17) is 4.74 Å². The first-order valence-electron chi connectivity index (χ1n) is 7.01. The van der Waals surface area contributed by atoms with Gasteiger partial charge in [-0.2, -0.15) is 0 Å². The molecule has 1 aromatic rings. The number of carbonyl (C=O) groups is 1. The fourth-order valence-electron chi connectivity index (χ4n) is 2.73. The summed E-state index contributed by atoms with van der Waals surface area (Å²) in [7, 11) is 5.53. The largest absolute Gasteiger partial charge is 0.382 e. The van der Waals surface area contributed by atoms with Crippen molar-refractivity contribution in [2.45, 2.75) is 31.2 Å². The van der Waals surface area contributed by atoms with Crippen LogP contribution in [0.25, 0.3) is 0 Å². The molecule has 0 aromatic carbocycles. The number of pyridine rings is 1. The summed E-state index contributed by atoms with van der Waals surface area (Å²) in [6, 6.07) is 3.67. The fourth-order valence-corrected chi connectivity index (χ4v) is 2.73. The van der Waals surface area contributed by atoms with Crippen LogP contribution in [0.5, 0.6) is 0 Å². The second-order valence-electron chi connectivity index (χ2n) is 5.67. The molecule has 1 saturated carbocycles. The van der Waals surface area contributed by atoms with Gasteiger partial charge in [-0.15, -0.1) is 0 Å². The summed E-state index contributed by atoms with van der Waals surface area (Å²) in [5.41, 5.74) is 0.393. The van der Waals surface area contributed by atoms with Gasteiger partial charge in [0.25, 0.3) is 5.91 Å². The highest BCUT2D eigenvalue weighted by Crippen LogP contribution is 2.30. The van der Waals surface area contributed by atoms with Gasteiger partial charge in [-0.25, -0.2) is 4.98 Å². The number of anilines is 1. The smallest absolute Gasteiger partial charge is 0.253 e. The third-order valence-corrected chi connectivity index (χ3v) is 3.83. The molecule has 110 valence electrons. The summed E-state index contributed by atoms with van der Waals surface area (Å²) in [5.74, 6) is 0.774. The van der Waals surface area contributed by atoms with Crippen LogP contribution >= 0.6 is 0 Å². The summed E-state index contributed by atoms with van der Waals surface area (Å²) >= 11 is 0. The van der Waals surface area contributed by atoms with E-state index in [1.807, 2.05) is 31.1 Å². The minimum atomic E-state index is -0.202. The highest BCUT2D eigenvalue weighted by molar-refractivity contribution is 5.94. The first-order valence-corrected chi connectivity index (χ1v) is 7.01. The molecule has 20 heavy (non-hydrogen) atoms. The van der Waals surface area contributed by atoms with Crippen molar-refractivity contribution in [2.24, 2.45) is 0 Å². The van der Waals surface area contributed by atoms with E-state index in [9.17, 15) is 4.79 Å². The maximum absolute atomic E-state index is 12.3. The predicted octanol–water partition coefficient (Wildman–Crippen LogP) is 1.84. The molecule has 2 rings (SSSR count). The van der Waals surface area contributed by atoms with E-state index < -0.39 is 0 Å². The monoisotopic (exact) mass is 277 g/mol. The number of nitrogens with one attached hydrogen (secondary N) is 1. The zero-order valence-electron chi connectivity index (χ0n) is 12.5. The summed E-state index contributed by atoms with van der Waals surface area (Å²) in [5, 5.41) is 3.14. The Morgan fingerprint density at radius 1 is 1.40 bits per heavy atom. The molecule has 0 bridgehead atoms. The zero-order chi connectivity index (χ0) is 14.6. The number of nitrogens with zero attached hydrogens (tertiary/aromatic N) is 2. The molecule has 1 N–H and O–H groups in total. The molecular weight excluding hydrogens is 254 g/mol. The average Bonchev–Trinajstić information content (AvgIpc) is 2.87. The van der Waals surface area contributed by atoms with Crippen molar-refractivity contribution in [1.82, 2.24) is 10.3 Å². The number of methoxy groups -OCH3 is 1. The molecule has 1 fully saturated rings. The van der Waals surface area contributed by atoms with E-state index in [0.29, 0.717) is 12.2 Å². The van der Waals surface area contributed by atoms with Crippen LogP contribution < -0.4 is 10.2 Å². The number of amides is 1. The molecule has 0 spiro atoms. The van der Waals surface area contributed by atoms with Gasteiger partial charge in [0.2, 0.25) is 0 Å². The quantitative estimate of drug-likeness (QED) is 0.892. The zero-order valence-corrected chi connectivity index (χ0v) is 12.5. The number of carbonyl (C=O) groups excluding carboxylic acids is 1. The first kappa shape index (κ1) is 14.8. The van der Waals surface area contributed by atoms with Gasteiger partial charge >= 0.3 is 0 Å². The highest BCUT2D eigenvalue weighted by atomic mass is 16.5. The van der Waals surface area contributed by atoms with Crippen LogP contribution in [0, 0.1) is 0 Å². The second-order valence-corrected chi connectivity index (χ2v) is 5.67.